The zero-order valence-electron chi connectivity index (χ0n) is 11.5. The molecule has 0 bridgehead atoms. The van der Waals surface area contributed by atoms with E-state index in [1.165, 1.54) is 0 Å². The van der Waals surface area contributed by atoms with Crippen LogP contribution in [0.3, 0.4) is 0 Å². The number of amides is 2. The number of hydrogen-bond acceptors (Lipinski definition) is 4. The Kier molecular flexibility index (Phi) is 5.03. The van der Waals surface area contributed by atoms with E-state index in [1.807, 2.05) is 29.7 Å². The van der Waals surface area contributed by atoms with Crippen molar-refractivity contribution in [2.75, 3.05) is 36.5 Å². The van der Waals surface area contributed by atoms with Gasteiger partial charge in [0.1, 0.15) is 0 Å². The van der Waals surface area contributed by atoms with Crippen molar-refractivity contribution in [3.05, 3.63) is 29.3 Å². The predicted octanol–water partition coefficient (Wildman–Crippen LogP) is 1.08. The van der Waals surface area contributed by atoms with Gasteiger partial charge in [-0.2, -0.15) is 11.8 Å². The van der Waals surface area contributed by atoms with E-state index in [1.54, 1.807) is 12.1 Å². The fourth-order valence-corrected chi connectivity index (χ4v) is 2.94. The molecule has 1 fully saturated rings. The first-order valence-electron chi connectivity index (χ1n) is 6.59. The van der Waals surface area contributed by atoms with Gasteiger partial charge >= 0.3 is 0 Å². The first-order valence-corrected chi connectivity index (χ1v) is 7.75. The molecule has 0 aliphatic carbocycles. The molecule has 0 saturated carbocycles. The second-order valence-corrected chi connectivity index (χ2v) is 5.91. The lowest BCUT2D eigenvalue weighted by molar-refractivity contribution is -0.114. The first-order chi connectivity index (χ1) is 9.61. The van der Waals surface area contributed by atoms with Crippen LogP contribution in [0.15, 0.2) is 18.2 Å². The van der Waals surface area contributed by atoms with Gasteiger partial charge in [0, 0.05) is 35.8 Å². The van der Waals surface area contributed by atoms with Crippen LogP contribution < -0.4 is 11.1 Å². The summed E-state index contributed by atoms with van der Waals surface area (Å²) >= 11 is 1.86. The smallest absolute Gasteiger partial charge is 0.253 e. The molecule has 1 aromatic carbocycles. The Morgan fingerprint density at radius 1 is 1.35 bits per heavy atom. The highest BCUT2D eigenvalue weighted by Gasteiger charge is 2.19. The van der Waals surface area contributed by atoms with Crippen LogP contribution in [0.4, 0.5) is 5.69 Å². The zero-order valence-corrected chi connectivity index (χ0v) is 12.3. The maximum Gasteiger partial charge on any atom is 0.253 e. The number of carbonyl (C=O) groups excluding carboxylic acids is 2. The van der Waals surface area contributed by atoms with E-state index in [0.29, 0.717) is 11.3 Å². The molecule has 2 amide bonds. The minimum atomic E-state index is -0.257. The molecule has 0 aromatic heterocycles. The Labute approximate surface area is 122 Å². The summed E-state index contributed by atoms with van der Waals surface area (Å²) in [6.45, 7) is 3.38. The molecule has 2 rings (SSSR count). The molecule has 0 unspecified atom stereocenters. The van der Waals surface area contributed by atoms with Gasteiger partial charge in [-0.05, 0) is 24.6 Å². The van der Waals surface area contributed by atoms with Crippen molar-refractivity contribution >= 4 is 29.3 Å². The topological polar surface area (TPSA) is 75.4 Å². The molecule has 1 saturated heterocycles. The van der Waals surface area contributed by atoms with Crippen molar-refractivity contribution in [1.82, 2.24) is 4.90 Å². The third-order valence-corrected chi connectivity index (χ3v) is 4.18. The molecule has 3 N–H and O–H groups in total. The van der Waals surface area contributed by atoms with Gasteiger partial charge in [0.2, 0.25) is 5.91 Å². The molecule has 5 nitrogen and oxygen atoms in total. The summed E-state index contributed by atoms with van der Waals surface area (Å²) in [4.78, 5) is 25.6. The van der Waals surface area contributed by atoms with Gasteiger partial charge in [-0.25, -0.2) is 0 Å². The number of nitrogens with zero attached hydrogens (tertiary/aromatic N) is 1. The Balaban J connectivity index is 2.17. The summed E-state index contributed by atoms with van der Waals surface area (Å²) in [6.07, 6.45) is 0. The molecule has 6 heteroatoms. The quantitative estimate of drug-likeness (QED) is 0.874. The van der Waals surface area contributed by atoms with Crippen molar-refractivity contribution in [1.29, 1.82) is 0 Å². The molecule has 0 atom stereocenters. The van der Waals surface area contributed by atoms with Crippen molar-refractivity contribution < 1.29 is 9.59 Å². The molecule has 1 aliphatic rings. The molecule has 0 spiro atoms. The van der Waals surface area contributed by atoms with E-state index in [2.05, 4.69) is 5.32 Å². The minimum absolute atomic E-state index is 0.0218. The predicted molar refractivity (Wildman–Crippen MR) is 82.1 cm³/mol. The van der Waals surface area contributed by atoms with E-state index < -0.39 is 0 Å². The molecule has 20 heavy (non-hydrogen) atoms. The summed E-state index contributed by atoms with van der Waals surface area (Å²) in [5.41, 5.74) is 7.47. The first kappa shape index (κ1) is 14.9. The van der Waals surface area contributed by atoms with Crippen LogP contribution in [-0.2, 0) is 4.79 Å². The van der Waals surface area contributed by atoms with Crippen molar-refractivity contribution in [2.24, 2.45) is 5.73 Å². The molecule has 0 radical (unpaired) electrons. The second-order valence-electron chi connectivity index (χ2n) is 4.69. The summed E-state index contributed by atoms with van der Waals surface area (Å²) in [7, 11) is 0. The number of nitrogens with two attached hydrogens (primary N) is 1. The summed E-state index contributed by atoms with van der Waals surface area (Å²) in [5, 5.41) is 2.72. The third kappa shape index (κ3) is 3.52. The van der Waals surface area contributed by atoms with E-state index in [9.17, 15) is 9.59 Å². The van der Waals surface area contributed by atoms with Gasteiger partial charge in [0.15, 0.2) is 0 Å². The van der Waals surface area contributed by atoms with Crippen LogP contribution in [0.1, 0.15) is 15.9 Å². The highest BCUT2D eigenvalue weighted by molar-refractivity contribution is 7.99. The van der Waals surface area contributed by atoms with Crippen LogP contribution in [0.25, 0.3) is 0 Å². The number of anilines is 1. The monoisotopic (exact) mass is 293 g/mol. The average Bonchev–Trinajstić information content (AvgIpc) is 2.49. The second kappa shape index (κ2) is 6.76. The van der Waals surface area contributed by atoms with Gasteiger partial charge in [-0.1, -0.05) is 6.07 Å². The third-order valence-electron chi connectivity index (χ3n) is 3.24. The van der Waals surface area contributed by atoms with Crippen LogP contribution >= 0.6 is 11.8 Å². The Morgan fingerprint density at radius 2 is 2.05 bits per heavy atom. The summed E-state index contributed by atoms with van der Waals surface area (Å²) in [6, 6.07) is 5.38. The molecule has 1 heterocycles. The SMILES string of the molecule is Cc1ccc(C(=O)N2CCSCC2)cc1NC(=O)CN. The van der Waals surface area contributed by atoms with E-state index in [0.717, 1.165) is 30.2 Å². The zero-order chi connectivity index (χ0) is 14.5. The lowest BCUT2D eigenvalue weighted by Crippen LogP contribution is -2.37. The minimum Gasteiger partial charge on any atom is -0.337 e. The van der Waals surface area contributed by atoms with Gasteiger partial charge in [-0.3, -0.25) is 9.59 Å². The van der Waals surface area contributed by atoms with E-state index in [-0.39, 0.29) is 18.4 Å². The normalized spacial score (nSPS) is 15.0. The van der Waals surface area contributed by atoms with Crippen molar-refractivity contribution in [3.63, 3.8) is 0 Å². The number of hydrogen-bond donors (Lipinski definition) is 2. The van der Waals surface area contributed by atoms with Crippen LogP contribution in [-0.4, -0.2) is 47.9 Å². The van der Waals surface area contributed by atoms with Crippen molar-refractivity contribution in [3.8, 4) is 0 Å². The fourth-order valence-electron chi connectivity index (χ4n) is 2.04. The van der Waals surface area contributed by atoms with Gasteiger partial charge < -0.3 is 16.0 Å². The maximum atomic E-state index is 12.4. The number of benzene rings is 1. The van der Waals surface area contributed by atoms with Crippen LogP contribution in [0.2, 0.25) is 0 Å². The van der Waals surface area contributed by atoms with Gasteiger partial charge in [0.05, 0.1) is 6.54 Å². The van der Waals surface area contributed by atoms with Gasteiger partial charge in [-0.15, -0.1) is 0 Å². The molecular formula is C14H19N3O2S. The average molecular weight is 293 g/mol. The lowest BCUT2D eigenvalue weighted by atomic mass is 10.1. The molecule has 1 aliphatic heterocycles. The Morgan fingerprint density at radius 3 is 2.70 bits per heavy atom. The Hall–Kier alpha value is -1.53. The summed E-state index contributed by atoms with van der Waals surface area (Å²) < 4.78 is 0. The van der Waals surface area contributed by atoms with Crippen LogP contribution in [0, 0.1) is 6.92 Å². The van der Waals surface area contributed by atoms with Gasteiger partial charge in [0.25, 0.3) is 5.91 Å². The fraction of sp³-hybridized carbons (Fsp3) is 0.429. The number of carbonyl (C=O) groups is 2. The van der Waals surface area contributed by atoms with Crippen LogP contribution in [0.5, 0.6) is 0 Å². The molecular weight excluding hydrogens is 274 g/mol. The van der Waals surface area contributed by atoms with E-state index >= 15 is 0 Å². The standard InChI is InChI=1S/C14H19N3O2S/c1-10-2-3-11(8-12(10)16-13(18)9-15)14(19)17-4-6-20-7-5-17/h2-3,8H,4-7,9,15H2,1H3,(H,16,18). The lowest BCUT2D eigenvalue weighted by Gasteiger charge is -2.26. The molecule has 108 valence electrons. The Bertz CT molecular complexity index is 513. The highest BCUT2D eigenvalue weighted by atomic mass is 32.2. The highest BCUT2D eigenvalue weighted by Crippen LogP contribution is 2.19. The number of aryl methyl sites for hydroxylation is 1. The van der Waals surface area contributed by atoms with E-state index in [4.69, 9.17) is 5.73 Å². The molecule has 1 aromatic rings. The number of thioether (sulfide) groups is 1. The maximum absolute atomic E-state index is 12.4. The summed E-state index contributed by atoms with van der Waals surface area (Å²) in [5.74, 6) is 1.73. The number of rotatable bonds is 3. The number of nitrogens with one attached hydrogen (secondary N) is 1. The largest absolute Gasteiger partial charge is 0.337 e. The van der Waals surface area contributed by atoms with Crippen molar-refractivity contribution in [2.45, 2.75) is 6.92 Å².